The summed E-state index contributed by atoms with van der Waals surface area (Å²) in [5.41, 5.74) is 14.3. The molecule has 0 atom stereocenters. The van der Waals surface area contributed by atoms with Crippen LogP contribution in [0, 0.1) is 19.0 Å². The molecule has 0 bridgehead atoms. The molecule has 3 heterocycles. The number of nitrogens with zero attached hydrogens (tertiary/aromatic N) is 3. The van der Waals surface area contributed by atoms with Gasteiger partial charge in [0.2, 0.25) is 0 Å². The van der Waals surface area contributed by atoms with E-state index in [2.05, 4.69) is 209 Å². The van der Waals surface area contributed by atoms with Gasteiger partial charge >= 0.3 is 0 Å². The van der Waals surface area contributed by atoms with Crippen LogP contribution in [0.25, 0.3) is 116 Å². The molecule has 6 heteroatoms. The Kier molecular flexibility index (Phi) is 12.6. The van der Waals surface area contributed by atoms with Crippen LogP contribution in [0.2, 0.25) is 19.6 Å². The Morgan fingerprint density at radius 3 is 1.89 bits per heavy atom. The van der Waals surface area contributed by atoms with Crippen molar-refractivity contribution in [1.82, 2.24) is 14.5 Å². The first-order valence-corrected chi connectivity index (χ1v) is 29.5. The van der Waals surface area contributed by atoms with Gasteiger partial charge in [0.15, 0.2) is 0 Å². The van der Waals surface area contributed by atoms with Gasteiger partial charge in [-0.15, -0.1) is 47.5 Å². The molecule has 10 aromatic carbocycles. The van der Waals surface area contributed by atoms with Gasteiger partial charge in [-0.1, -0.05) is 210 Å². The number of pyridine rings is 1. The van der Waals surface area contributed by atoms with Crippen molar-refractivity contribution >= 4 is 78.5 Å². The van der Waals surface area contributed by atoms with Gasteiger partial charge in [0.05, 0.1) is 30.5 Å². The standard InChI is InChI=1S/C49H37N2O.C21H22NSi.Ir/c1-29(2)40-26-35(31-13-6-5-7-14-31)27-41(30(3)4)46(40)51-47-37-18-11-9-16-33(37)23-24-44(47)50-49(51)39-20-12-19-38-43-25-34-22-21-32-15-8-10-17-36(32)42(34)28-45(43)52-48(38)39;1-16-10-11-18(14-20(16)17-8-6-5-7-9-17)21-13-12-19(15-22-21)23(2,3)4;/h5-19,21-30H,1-4H3;5-10,12-15H,1-4H3;/q2*-1;/i;1D3;. The molecule has 0 aliphatic carbocycles. The van der Waals surface area contributed by atoms with Crippen molar-refractivity contribution < 1.29 is 28.6 Å². The number of hydrogen-bond acceptors (Lipinski definition) is 3. The Bertz CT molecular complexity index is 4380. The van der Waals surface area contributed by atoms with E-state index in [0.29, 0.717) is 11.1 Å². The van der Waals surface area contributed by atoms with E-state index in [1.807, 2.05) is 54.7 Å². The Morgan fingerprint density at radius 2 is 1.22 bits per heavy atom. The average molecular weight is 1180 g/mol. The molecule has 3 aromatic heterocycles. The van der Waals surface area contributed by atoms with E-state index < -0.39 is 14.9 Å². The number of furan rings is 1. The maximum Gasteiger partial charge on any atom is 0.121 e. The van der Waals surface area contributed by atoms with E-state index in [-0.39, 0.29) is 31.9 Å². The fraction of sp³-hybridized carbons (Fsp3) is 0.143. The summed E-state index contributed by atoms with van der Waals surface area (Å²) in [7, 11) is -1.40. The minimum absolute atomic E-state index is 0. The molecule has 0 amide bonds. The number of rotatable bonds is 8. The van der Waals surface area contributed by atoms with Crippen molar-refractivity contribution in [3.05, 3.63) is 229 Å². The second-order valence-electron chi connectivity index (χ2n) is 21.4. The molecule has 0 aliphatic heterocycles. The first-order chi connectivity index (χ1) is 37.6. The number of aromatic nitrogens is 3. The molecule has 13 aromatic rings. The van der Waals surface area contributed by atoms with Crippen molar-refractivity contribution in [2.24, 2.45) is 0 Å². The first kappa shape index (κ1) is 46.8. The van der Waals surface area contributed by atoms with Crippen molar-refractivity contribution in [2.75, 3.05) is 0 Å². The van der Waals surface area contributed by atoms with Crippen LogP contribution in [-0.4, -0.2) is 22.6 Å². The van der Waals surface area contributed by atoms with Crippen molar-refractivity contribution in [1.29, 1.82) is 0 Å². The normalized spacial score (nSPS) is 12.6. The molecule has 13 rings (SSSR count). The topological polar surface area (TPSA) is 43.9 Å². The Balaban J connectivity index is 0.000000207. The summed E-state index contributed by atoms with van der Waals surface area (Å²) >= 11 is 0. The van der Waals surface area contributed by atoms with Gasteiger partial charge in [0, 0.05) is 46.9 Å². The zero-order valence-electron chi connectivity index (χ0n) is 46.8. The summed E-state index contributed by atoms with van der Waals surface area (Å²) in [5, 5.41) is 10.7. The minimum Gasteiger partial charge on any atom is -0.501 e. The average Bonchev–Trinajstić information content (AvgIpc) is 4.20. The summed E-state index contributed by atoms with van der Waals surface area (Å²) in [6, 6.07) is 74.1. The number of fused-ring (bicyclic) bond motifs is 9. The van der Waals surface area contributed by atoms with Gasteiger partial charge in [-0.25, -0.2) is 0 Å². The van der Waals surface area contributed by atoms with Crippen LogP contribution >= 0.6 is 0 Å². The molecule has 0 saturated heterocycles. The van der Waals surface area contributed by atoms with Gasteiger partial charge in [0.25, 0.3) is 0 Å². The maximum atomic E-state index is 7.84. The zero-order chi connectivity index (χ0) is 54.0. The summed E-state index contributed by atoms with van der Waals surface area (Å²) < 4.78 is 32.9. The molecule has 0 saturated carbocycles. The third kappa shape index (κ3) is 9.19. The van der Waals surface area contributed by atoms with Gasteiger partial charge in [-0.2, -0.15) is 0 Å². The van der Waals surface area contributed by atoms with Crippen molar-refractivity contribution in [2.45, 2.75) is 66.0 Å². The third-order valence-electron chi connectivity index (χ3n) is 14.7. The number of hydrogen-bond donors (Lipinski definition) is 0. The zero-order valence-corrected chi connectivity index (χ0v) is 47.2. The van der Waals surface area contributed by atoms with Crippen LogP contribution in [0.5, 0.6) is 0 Å². The first-order valence-electron chi connectivity index (χ1n) is 27.5. The second kappa shape index (κ2) is 20.4. The monoisotopic (exact) mass is 1180 g/mol. The van der Waals surface area contributed by atoms with Crippen LogP contribution in [-0.2, 0) is 20.1 Å². The van der Waals surface area contributed by atoms with Crippen LogP contribution in [0.15, 0.2) is 205 Å². The molecule has 1 radical (unpaired) electrons. The van der Waals surface area contributed by atoms with Gasteiger partial charge < -0.3 is 14.0 Å². The molecule has 0 N–H and O–H groups in total. The van der Waals surface area contributed by atoms with Crippen LogP contribution in [0.3, 0.4) is 0 Å². The fourth-order valence-electron chi connectivity index (χ4n) is 10.7. The quantitative estimate of drug-likeness (QED) is 0.0865. The van der Waals surface area contributed by atoms with Crippen LogP contribution < -0.4 is 5.19 Å². The minimum atomic E-state index is -2.19. The van der Waals surface area contributed by atoms with Crippen LogP contribution in [0.4, 0.5) is 0 Å². The fourth-order valence-corrected chi connectivity index (χ4v) is 11.8. The third-order valence-corrected chi connectivity index (χ3v) is 16.8. The summed E-state index contributed by atoms with van der Waals surface area (Å²) in [6.45, 7) is 13.9. The molecule has 76 heavy (non-hydrogen) atoms. The maximum absolute atomic E-state index is 7.84. The smallest absolute Gasteiger partial charge is 0.121 e. The Hall–Kier alpha value is -7.73. The molecule has 4 nitrogen and oxygen atoms in total. The van der Waals surface area contributed by atoms with E-state index >= 15 is 0 Å². The molecular weight excluding hydrogens is 1120 g/mol. The van der Waals surface area contributed by atoms with E-state index in [1.165, 1.54) is 65.4 Å². The van der Waals surface area contributed by atoms with Crippen LogP contribution in [0.1, 0.15) is 60.3 Å². The molecule has 0 fully saturated rings. The predicted molar refractivity (Wildman–Crippen MR) is 320 cm³/mol. The van der Waals surface area contributed by atoms with Crippen molar-refractivity contribution in [3.63, 3.8) is 0 Å². The van der Waals surface area contributed by atoms with E-state index in [1.54, 1.807) is 6.07 Å². The van der Waals surface area contributed by atoms with Gasteiger partial charge in [-0.3, -0.25) is 4.98 Å². The van der Waals surface area contributed by atoms with E-state index in [0.717, 1.165) is 61.2 Å². The number of imidazole rings is 1. The molecule has 375 valence electrons. The van der Waals surface area contributed by atoms with Crippen molar-refractivity contribution in [3.8, 4) is 50.6 Å². The number of aryl methyl sites for hydroxylation is 1. The largest absolute Gasteiger partial charge is 0.501 e. The van der Waals surface area contributed by atoms with Gasteiger partial charge in [0.1, 0.15) is 5.58 Å². The van der Waals surface area contributed by atoms with Gasteiger partial charge in [-0.05, 0) is 108 Å². The predicted octanol–water partition coefficient (Wildman–Crippen LogP) is 18.8. The second-order valence-corrected chi connectivity index (χ2v) is 26.5. The van der Waals surface area contributed by atoms with E-state index in [4.69, 9.17) is 13.5 Å². The summed E-state index contributed by atoms with van der Waals surface area (Å²) in [5.74, 6) is 1.34. The molecular formula is C70H59IrN3OSi-2. The molecule has 0 aliphatic rings. The Morgan fingerprint density at radius 1 is 0.579 bits per heavy atom. The summed E-state index contributed by atoms with van der Waals surface area (Å²) in [6.07, 6.45) is 1.94. The molecule has 0 unspecified atom stereocenters. The molecule has 0 spiro atoms. The SMILES string of the molecule is CC(C)c1cc(-c2ccccc2)cc(C(C)C)c1-n1c(-c2[c-]ccc3c2oc2cc4c(ccc5ccccc54)cc23)nc2ccc3ccccc3c21.[2H]C([2H])([2H])c1c[c-]c(-c2ccc([Si](C)(C)C)cn2)cc1-c1ccccc1.[Ir]. The Labute approximate surface area is 464 Å². The van der Waals surface area contributed by atoms with E-state index in [9.17, 15) is 0 Å². The number of benzene rings is 10. The summed E-state index contributed by atoms with van der Waals surface area (Å²) in [4.78, 5) is 10.1.